The number of benzene rings is 1. The molecule has 6 heteroatoms. The molecule has 0 atom stereocenters. The number of hydrogen-bond acceptors (Lipinski definition) is 3. The summed E-state index contributed by atoms with van der Waals surface area (Å²) in [6.45, 7) is 0.591. The number of nitrogens with one attached hydrogen (secondary N) is 1. The van der Waals surface area contributed by atoms with E-state index in [4.69, 9.17) is 16.3 Å². The molecule has 3 rings (SSSR count). The third kappa shape index (κ3) is 3.49. The van der Waals surface area contributed by atoms with E-state index in [-0.39, 0.29) is 11.6 Å². The highest BCUT2D eigenvalue weighted by Gasteiger charge is 2.20. The summed E-state index contributed by atoms with van der Waals surface area (Å²) in [5.41, 5.74) is 0.811. The molecule has 1 aliphatic carbocycles. The number of aromatic nitrogens is 1. The van der Waals surface area contributed by atoms with Crippen molar-refractivity contribution in [1.82, 2.24) is 10.3 Å². The predicted molar refractivity (Wildman–Crippen MR) is 75.5 cm³/mol. The molecule has 1 heterocycles. The molecule has 110 valence electrons. The molecule has 1 aromatic heterocycles. The summed E-state index contributed by atoms with van der Waals surface area (Å²) in [5.74, 6) is -2.02. The number of hydrogen-bond donors (Lipinski definition) is 1. The Morgan fingerprint density at radius 3 is 2.90 bits per heavy atom. The number of pyridine rings is 1. The normalized spacial score (nSPS) is 14.2. The SMILES string of the molecule is Fc1cccc(Oc2cc(CNC3CC3)c(Cl)cn2)c1F. The molecule has 3 nitrogen and oxygen atoms in total. The summed E-state index contributed by atoms with van der Waals surface area (Å²) in [6.07, 6.45) is 3.78. The first-order valence-corrected chi connectivity index (χ1v) is 7.01. The highest BCUT2D eigenvalue weighted by molar-refractivity contribution is 6.31. The van der Waals surface area contributed by atoms with Crippen molar-refractivity contribution in [1.29, 1.82) is 0 Å². The summed E-state index contributed by atoms with van der Waals surface area (Å²) in [7, 11) is 0. The van der Waals surface area contributed by atoms with Gasteiger partial charge in [-0.2, -0.15) is 4.39 Å². The molecule has 2 aromatic rings. The second kappa shape index (κ2) is 5.95. The van der Waals surface area contributed by atoms with E-state index in [1.807, 2.05) is 0 Å². The minimum absolute atomic E-state index is 0.177. The van der Waals surface area contributed by atoms with E-state index in [0.717, 1.165) is 11.6 Å². The number of rotatable bonds is 5. The highest BCUT2D eigenvalue weighted by atomic mass is 35.5. The van der Waals surface area contributed by atoms with E-state index in [0.29, 0.717) is 17.6 Å². The van der Waals surface area contributed by atoms with Gasteiger partial charge in [-0.05, 0) is 30.5 Å². The van der Waals surface area contributed by atoms with Crippen molar-refractivity contribution in [2.45, 2.75) is 25.4 Å². The number of ether oxygens (including phenoxy) is 1. The van der Waals surface area contributed by atoms with Crippen LogP contribution in [0, 0.1) is 11.6 Å². The standard InChI is InChI=1S/C15H13ClF2N2O/c16-11-8-20-14(6-9(11)7-19-10-4-5-10)21-13-3-1-2-12(17)15(13)18/h1-3,6,8,10,19H,4-5,7H2. The van der Waals surface area contributed by atoms with Crippen molar-refractivity contribution in [3.05, 3.63) is 52.7 Å². The van der Waals surface area contributed by atoms with Crippen molar-refractivity contribution in [3.63, 3.8) is 0 Å². The lowest BCUT2D eigenvalue weighted by Crippen LogP contribution is -2.15. The van der Waals surface area contributed by atoms with Gasteiger partial charge in [-0.3, -0.25) is 0 Å². The molecule has 0 bridgehead atoms. The molecule has 1 aliphatic rings. The van der Waals surface area contributed by atoms with Crippen molar-refractivity contribution in [2.75, 3.05) is 0 Å². The van der Waals surface area contributed by atoms with Gasteiger partial charge in [0.05, 0.1) is 5.02 Å². The molecule has 0 saturated heterocycles. The molecule has 0 unspecified atom stereocenters. The summed E-state index contributed by atoms with van der Waals surface area (Å²) in [4.78, 5) is 3.98. The van der Waals surface area contributed by atoms with Gasteiger partial charge in [0.2, 0.25) is 11.7 Å². The van der Waals surface area contributed by atoms with Gasteiger partial charge in [0, 0.05) is 24.8 Å². The van der Waals surface area contributed by atoms with Gasteiger partial charge < -0.3 is 10.1 Å². The van der Waals surface area contributed by atoms with Gasteiger partial charge in [-0.15, -0.1) is 0 Å². The van der Waals surface area contributed by atoms with Gasteiger partial charge in [0.15, 0.2) is 11.6 Å². The van der Waals surface area contributed by atoms with Crippen LogP contribution in [0.15, 0.2) is 30.5 Å². The van der Waals surface area contributed by atoms with Gasteiger partial charge in [0.1, 0.15) is 0 Å². The summed E-state index contributed by atoms with van der Waals surface area (Å²) in [6, 6.07) is 5.92. The lowest BCUT2D eigenvalue weighted by molar-refractivity contribution is 0.405. The largest absolute Gasteiger partial charge is 0.436 e. The maximum Gasteiger partial charge on any atom is 0.219 e. The monoisotopic (exact) mass is 310 g/mol. The quantitative estimate of drug-likeness (QED) is 0.904. The molecule has 0 radical (unpaired) electrons. The third-order valence-electron chi connectivity index (χ3n) is 3.20. The van der Waals surface area contributed by atoms with Crippen LogP contribution >= 0.6 is 11.6 Å². The van der Waals surface area contributed by atoms with Crippen LogP contribution in [0.3, 0.4) is 0 Å². The average molecular weight is 311 g/mol. The molecule has 21 heavy (non-hydrogen) atoms. The van der Waals surface area contributed by atoms with Crippen LogP contribution in [0.5, 0.6) is 11.6 Å². The second-order valence-electron chi connectivity index (χ2n) is 4.92. The van der Waals surface area contributed by atoms with Crippen molar-refractivity contribution in [3.8, 4) is 11.6 Å². The van der Waals surface area contributed by atoms with Gasteiger partial charge >= 0.3 is 0 Å². The molecule has 1 fully saturated rings. The fraction of sp³-hybridized carbons (Fsp3) is 0.267. The molecule has 1 N–H and O–H groups in total. The number of nitrogens with zero attached hydrogens (tertiary/aromatic N) is 1. The first kappa shape index (κ1) is 14.2. The van der Waals surface area contributed by atoms with Crippen LogP contribution in [0.25, 0.3) is 0 Å². The fourth-order valence-corrected chi connectivity index (χ4v) is 2.04. The van der Waals surface area contributed by atoms with E-state index in [9.17, 15) is 8.78 Å². The topological polar surface area (TPSA) is 34.1 Å². The minimum atomic E-state index is -1.04. The zero-order valence-corrected chi connectivity index (χ0v) is 11.8. The Labute approximate surface area is 125 Å². The van der Waals surface area contributed by atoms with E-state index in [1.165, 1.54) is 31.2 Å². The van der Waals surface area contributed by atoms with Crippen LogP contribution in [-0.4, -0.2) is 11.0 Å². The Balaban J connectivity index is 1.78. The zero-order valence-electron chi connectivity index (χ0n) is 11.1. The molecule has 1 saturated carbocycles. The molecular formula is C15H13ClF2N2O. The molecule has 1 aromatic carbocycles. The summed E-state index contributed by atoms with van der Waals surface area (Å²) < 4.78 is 32.0. The van der Waals surface area contributed by atoms with Crippen LogP contribution in [0.4, 0.5) is 8.78 Å². The zero-order chi connectivity index (χ0) is 14.8. The lowest BCUT2D eigenvalue weighted by Gasteiger charge is -2.09. The first-order chi connectivity index (χ1) is 10.1. The fourth-order valence-electron chi connectivity index (χ4n) is 1.87. The van der Waals surface area contributed by atoms with Crippen molar-refractivity contribution >= 4 is 11.6 Å². The predicted octanol–water partition coefficient (Wildman–Crippen LogP) is 4.06. The van der Waals surface area contributed by atoms with Crippen molar-refractivity contribution in [2.24, 2.45) is 0 Å². The summed E-state index contributed by atoms with van der Waals surface area (Å²) in [5, 5.41) is 3.83. The smallest absolute Gasteiger partial charge is 0.219 e. The lowest BCUT2D eigenvalue weighted by atomic mass is 10.2. The summed E-state index contributed by atoms with van der Waals surface area (Å²) >= 11 is 6.07. The average Bonchev–Trinajstić information content (AvgIpc) is 3.28. The maximum atomic E-state index is 13.6. The van der Waals surface area contributed by atoms with E-state index < -0.39 is 11.6 Å². The minimum Gasteiger partial charge on any atom is -0.436 e. The van der Waals surface area contributed by atoms with Crippen LogP contribution in [0.2, 0.25) is 5.02 Å². The van der Waals surface area contributed by atoms with E-state index in [2.05, 4.69) is 10.3 Å². The van der Waals surface area contributed by atoms with Crippen LogP contribution in [0.1, 0.15) is 18.4 Å². The Morgan fingerprint density at radius 2 is 2.14 bits per heavy atom. The Bertz CT molecular complexity index is 662. The third-order valence-corrected chi connectivity index (χ3v) is 3.54. The molecule has 0 amide bonds. The van der Waals surface area contributed by atoms with Gasteiger partial charge in [-0.1, -0.05) is 17.7 Å². The Kier molecular flexibility index (Phi) is 4.03. The second-order valence-corrected chi connectivity index (χ2v) is 5.33. The first-order valence-electron chi connectivity index (χ1n) is 6.63. The van der Waals surface area contributed by atoms with Crippen LogP contribution < -0.4 is 10.1 Å². The van der Waals surface area contributed by atoms with Gasteiger partial charge in [-0.25, -0.2) is 9.37 Å². The van der Waals surface area contributed by atoms with E-state index >= 15 is 0 Å². The van der Waals surface area contributed by atoms with Crippen molar-refractivity contribution < 1.29 is 13.5 Å². The highest BCUT2D eigenvalue weighted by Crippen LogP contribution is 2.27. The molecular weight excluding hydrogens is 298 g/mol. The van der Waals surface area contributed by atoms with E-state index in [1.54, 1.807) is 6.07 Å². The molecule has 0 aliphatic heterocycles. The maximum absolute atomic E-state index is 13.6. The number of halogens is 3. The Hall–Kier alpha value is -1.72. The van der Waals surface area contributed by atoms with Gasteiger partial charge in [0.25, 0.3) is 0 Å². The van der Waals surface area contributed by atoms with Crippen LogP contribution in [-0.2, 0) is 6.54 Å². The Morgan fingerprint density at radius 1 is 1.33 bits per heavy atom. The molecule has 0 spiro atoms.